The van der Waals surface area contributed by atoms with E-state index in [1.54, 1.807) is 4.90 Å². The fourth-order valence-corrected chi connectivity index (χ4v) is 2.49. The molecule has 0 aliphatic carbocycles. The summed E-state index contributed by atoms with van der Waals surface area (Å²) >= 11 is 0. The molecule has 0 aromatic carbocycles. The Bertz CT molecular complexity index is 393. The van der Waals surface area contributed by atoms with Gasteiger partial charge < -0.3 is 19.3 Å². The molecule has 1 heterocycles. The summed E-state index contributed by atoms with van der Waals surface area (Å²) in [5.41, 5.74) is -0.493. The predicted molar refractivity (Wildman–Crippen MR) is 89.3 cm³/mol. The summed E-state index contributed by atoms with van der Waals surface area (Å²) in [4.78, 5) is 28.2. The largest absolute Gasteiger partial charge is 0.444 e. The molecule has 1 fully saturated rings. The first-order valence-corrected chi connectivity index (χ1v) is 8.59. The van der Waals surface area contributed by atoms with E-state index < -0.39 is 5.60 Å². The van der Waals surface area contributed by atoms with Gasteiger partial charge in [-0.25, -0.2) is 4.79 Å². The van der Waals surface area contributed by atoms with Gasteiger partial charge in [0.25, 0.3) is 0 Å². The number of amides is 2. The summed E-state index contributed by atoms with van der Waals surface area (Å²) in [6.07, 6.45) is 1.22. The van der Waals surface area contributed by atoms with Gasteiger partial charge in [-0.15, -0.1) is 0 Å². The second kappa shape index (κ2) is 9.11. The van der Waals surface area contributed by atoms with Crippen molar-refractivity contribution >= 4 is 12.0 Å². The number of nitrogens with zero attached hydrogens (tertiary/aromatic N) is 2. The molecular weight excluding hydrogens is 296 g/mol. The summed E-state index contributed by atoms with van der Waals surface area (Å²) in [6, 6.07) is 0. The van der Waals surface area contributed by atoms with E-state index in [4.69, 9.17) is 9.47 Å². The SMILES string of the molecule is CCOCCC(C)C(=O)N1CCCN(C(=O)OC(C)(C)C)CC1. The van der Waals surface area contributed by atoms with E-state index in [-0.39, 0.29) is 17.9 Å². The van der Waals surface area contributed by atoms with Crippen LogP contribution in [0.15, 0.2) is 0 Å². The van der Waals surface area contributed by atoms with Crippen LogP contribution in [-0.2, 0) is 14.3 Å². The molecule has 2 amide bonds. The van der Waals surface area contributed by atoms with Crippen molar-refractivity contribution in [3.8, 4) is 0 Å². The van der Waals surface area contributed by atoms with Gasteiger partial charge in [0, 0.05) is 45.3 Å². The van der Waals surface area contributed by atoms with Gasteiger partial charge >= 0.3 is 6.09 Å². The first-order valence-electron chi connectivity index (χ1n) is 8.59. The quantitative estimate of drug-likeness (QED) is 0.728. The van der Waals surface area contributed by atoms with Crippen molar-refractivity contribution in [2.45, 2.75) is 53.1 Å². The van der Waals surface area contributed by atoms with Crippen LogP contribution in [-0.4, -0.2) is 66.8 Å². The van der Waals surface area contributed by atoms with Crippen molar-refractivity contribution in [1.29, 1.82) is 0 Å². The van der Waals surface area contributed by atoms with E-state index in [1.165, 1.54) is 0 Å². The smallest absolute Gasteiger partial charge is 0.410 e. The Morgan fingerprint density at radius 3 is 2.30 bits per heavy atom. The molecule has 0 saturated carbocycles. The van der Waals surface area contributed by atoms with Gasteiger partial charge in [0.15, 0.2) is 0 Å². The average molecular weight is 328 g/mol. The zero-order valence-electron chi connectivity index (χ0n) is 15.3. The molecule has 1 saturated heterocycles. The molecule has 6 nitrogen and oxygen atoms in total. The average Bonchev–Trinajstić information content (AvgIpc) is 2.70. The van der Waals surface area contributed by atoms with Crippen molar-refractivity contribution in [1.82, 2.24) is 9.80 Å². The monoisotopic (exact) mass is 328 g/mol. The molecule has 0 bridgehead atoms. The molecule has 0 aromatic heterocycles. The van der Waals surface area contributed by atoms with Crippen LogP contribution in [0.2, 0.25) is 0 Å². The number of rotatable bonds is 5. The maximum Gasteiger partial charge on any atom is 0.410 e. The standard InChI is InChI=1S/C17H32N2O4/c1-6-22-13-8-14(2)15(20)18-9-7-10-19(12-11-18)16(21)23-17(3,4)5/h14H,6-13H2,1-5H3. The van der Waals surface area contributed by atoms with E-state index in [2.05, 4.69) is 0 Å². The molecule has 0 spiro atoms. The highest BCUT2D eigenvalue weighted by Gasteiger charge is 2.27. The Hall–Kier alpha value is -1.30. The lowest BCUT2D eigenvalue weighted by Crippen LogP contribution is -2.41. The first kappa shape index (κ1) is 19.7. The minimum Gasteiger partial charge on any atom is -0.444 e. The van der Waals surface area contributed by atoms with Crippen LogP contribution >= 0.6 is 0 Å². The normalized spacial score (nSPS) is 17.6. The second-order valence-electron chi connectivity index (χ2n) is 7.03. The van der Waals surface area contributed by atoms with Crippen molar-refractivity contribution in [2.24, 2.45) is 5.92 Å². The molecule has 0 N–H and O–H groups in total. The molecule has 23 heavy (non-hydrogen) atoms. The summed E-state index contributed by atoms with van der Waals surface area (Å²) in [5, 5.41) is 0. The van der Waals surface area contributed by atoms with E-state index in [9.17, 15) is 9.59 Å². The van der Waals surface area contributed by atoms with Crippen LogP contribution in [0.1, 0.15) is 47.5 Å². The topological polar surface area (TPSA) is 59.1 Å². The van der Waals surface area contributed by atoms with Crippen LogP contribution < -0.4 is 0 Å². The van der Waals surface area contributed by atoms with Gasteiger partial charge in [0.05, 0.1) is 0 Å². The fraction of sp³-hybridized carbons (Fsp3) is 0.882. The third-order valence-corrected chi connectivity index (χ3v) is 3.78. The molecule has 1 rings (SSSR count). The van der Waals surface area contributed by atoms with E-state index in [0.717, 1.165) is 12.8 Å². The second-order valence-corrected chi connectivity index (χ2v) is 7.03. The third kappa shape index (κ3) is 7.20. The number of carbonyl (C=O) groups excluding carboxylic acids is 2. The maximum atomic E-state index is 12.5. The highest BCUT2D eigenvalue weighted by atomic mass is 16.6. The van der Waals surface area contributed by atoms with E-state index in [1.807, 2.05) is 39.5 Å². The van der Waals surface area contributed by atoms with Gasteiger partial charge in [0.1, 0.15) is 5.60 Å². The van der Waals surface area contributed by atoms with E-state index in [0.29, 0.717) is 39.4 Å². The van der Waals surface area contributed by atoms with Crippen molar-refractivity contribution in [3.05, 3.63) is 0 Å². The Morgan fingerprint density at radius 2 is 1.70 bits per heavy atom. The number of ether oxygens (including phenoxy) is 2. The molecule has 6 heteroatoms. The third-order valence-electron chi connectivity index (χ3n) is 3.78. The lowest BCUT2D eigenvalue weighted by Gasteiger charge is -2.27. The summed E-state index contributed by atoms with van der Waals surface area (Å²) < 4.78 is 10.7. The Kier molecular flexibility index (Phi) is 7.82. The van der Waals surface area contributed by atoms with Crippen molar-refractivity contribution in [3.63, 3.8) is 0 Å². The maximum absolute atomic E-state index is 12.5. The number of carbonyl (C=O) groups is 2. The minimum atomic E-state index is -0.493. The van der Waals surface area contributed by atoms with Crippen LogP contribution in [0.5, 0.6) is 0 Å². The lowest BCUT2D eigenvalue weighted by atomic mass is 10.1. The minimum absolute atomic E-state index is 0.0466. The molecular formula is C17H32N2O4. The zero-order chi connectivity index (χ0) is 17.5. The molecule has 0 aromatic rings. The van der Waals surface area contributed by atoms with Gasteiger partial charge in [0.2, 0.25) is 5.91 Å². The molecule has 1 aliphatic heterocycles. The number of hydrogen-bond acceptors (Lipinski definition) is 4. The van der Waals surface area contributed by atoms with Crippen LogP contribution in [0, 0.1) is 5.92 Å². The summed E-state index contributed by atoms with van der Waals surface area (Å²) in [7, 11) is 0. The van der Waals surface area contributed by atoms with E-state index >= 15 is 0 Å². The number of hydrogen-bond donors (Lipinski definition) is 0. The van der Waals surface area contributed by atoms with Crippen LogP contribution in [0.3, 0.4) is 0 Å². The van der Waals surface area contributed by atoms with Crippen molar-refractivity contribution in [2.75, 3.05) is 39.4 Å². The Balaban J connectivity index is 2.48. The highest BCUT2D eigenvalue weighted by Crippen LogP contribution is 2.14. The Morgan fingerprint density at radius 1 is 1.09 bits per heavy atom. The predicted octanol–water partition coefficient (Wildman–Crippen LogP) is 2.52. The highest BCUT2D eigenvalue weighted by molar-refractivity contribution is 5.78. The van der Waals surface area contributed by atoms with Gasteiger partial charge in [-0.3, -0.25) is 4.79 Å². The molecule has 1 atom stereocenters. The van der Waals surface area contributed by atoms with Crippen LogP contribution in [0.25, 0.3) is 0 Å². The summed E-state index contributed by atoms with van der Waals surface area (Å²) in [6.45, 7) is 13.2. The summed E-state index contributed by atoms with van der Waals surface area (Å²) in [5.74, 6) is 0.102. The fourth-order valence-electron chi connectivity index (χ4n) is 2.49. The lowest BCUT2D eigenvalue weighted by molar-refractivity contribution is -0.135. The van der Waals surface area contributed by atoms with Gasteiger partial charge in [-0.2, -0.15) is 0 Å². The first-order chi connectivity index (χ1) is 10.7. The molecule has 134 valence electrons. The molecule has 0 radical (unpaired) electrons. The van der Waals surface area contributed by atoms with Crippen LogP contribution in [0.4, 0.5) is 4.79 Å². The van der Waals surface area contributed by atoms with Gasteiger partial charge in [-0.05, 0) is 40.5 Å². The molecule has 1 aliphatic rings. The Labute approximate surface area is 140 Å². The molecule has 1 unspecified atom stereocenters. The zero-order valence-corrected chi connectivity index (χ0v) is 15.3. The van der Waals surface area contributed by atoms with Crippen molar-refractivity contribution < 1.29 is 19.1 Å². The van der Waals surface area contributed by atoms with Gasteiger partial charge in [-0.1, -0.05) is 6.92 Å².